The summed E-state index contributed by atoms with van der Waals surface area (Å²) in [7, 11) is 0. The highest BCUT2D eigenvalue weighted by Crippen LogP contribution is 2.13. The molecule has 17 heavy (non-hydrogen) atoms. The lowest BCUT2D eigenvalue weighted by Gasteiger charge is -2.11. The monoisotopic (exact) mass is 233 g/mol. The smallest absolute Gasteiger partial charge is 0.319 e. The minimum atomic E-state index is -0.206. The van der Waals surface area contributed by atoms with Crippen LogP contribution in [0, 0.1) is 5.41 Å². The molecule has 4 heteroatoms. The SMILES string of the molecule is CC(C)(C)/C=C/NC(=O)NCc1ccncc1. The lowest BCUT2D eigenvalue weighted by atomic mass is 9.97. The summed E-state index contributed by atoms with van der Waals surface area (Å²) in [5.74, 6) is 0. The third kappa shape index (κ3) is 6.35. The van der Waals surface area contributed by atoms with E-state index in [9.17, 15) is 4.79 Å². The number of hydrogen-bond acceptors (Lipinski definition) is 2. The number of pyridine rings is 1. The van der Waals surface area contributed by atoms with Crippen LogP contribution in [0.5, 0.6) is 0 Å². The molecule has 1 aromatic heterocycles. The normalized spacial score (nSPS) is 11.5. The van der Waals surface area contributed by atoms with Gasteiger partial charge in [-0.15, -0.1) is 0 Å². The maximum Gasteiger partial charge on any atom is 0.319 e. The molecule has 0 fully saturated rings. The Morgan fingerprint density at radius 1 is 1.35 bits per heavy atom. The van der Waals surface area contributed by atoms with Crippen LogP contribution in [0.25, 0.3) is 0 Å². The van der Waals surface area contributed by atoms with Gasteiger partial charge in [-0.2, -0.15) is 0 Å². The predicted octanol–water partition coefficient (Wildman–Crippen LogP) is 2.44. The van der Waals surface area contributed by atoms with E-state index in [4.69, 9.17) is 0 Å². The number of nitrogens with one attached hydrogen (secondary N) is 2. The molecule has 1 rings (SSSR count). The molecule has 0 saturated carbocycles. The van der Waals surface area contributed by atoms with E-state index in [-0.39, 0.29) is 11.4 Å². The van der Waals surface area contributed by atoms with E-state index in [1.165, 1.54) is 0 Å². The van der Waals surface area contributed by atoms with E-state index in [1.807, 2.05) is 18.2 Å². The Labute approximate surface area is 102 Å². The number of carbonyl (C=O) groups is 1. The first-order valence-electron chi connectivity index (χ1n) is 5.58. The van der Waals surface area contributed by atoms with Crippen LogP contribution >= 0.6 is 0 Å². The van der Waals surface area contributed by atoms with E-state index in [1.54, 1.807) is 18.6 Å². The first-order chi connectivity index (χ1) is 7.97. The highest BCUT2D eigenvalue weighted by atomic mass is 16.2. The van der Waals surface area contributed by atoms with Gasteiger partial charge in [-0.1, -0.05) is 26.8 Å². The molecule has 1 heterocycles. The zero-order chi connectivity index (χ0) is 12.7. The van der Waals surface area contributed by atoms with E-state index >= 15 is 0 Å². The zero-order valence-corrected chi connectivity index (χ0v) is 10.5. The fourth-order valence-corrected chi connectivity index (χ4v) is 1.10. The second-order valence-corrected chi connectivity index (χ2v) is 4.88. The summed E-state index contributed by atoms with van der Waals surface area (Å²) in [5, 5.41) is 5.42. The van der Waals surface area contributed by atoms with Crippen LogP contribution in [0.4, 0.5) is 4.79 Å². The molecule has 0 bridgehead atoms. The Morgan fingerprint density at radius 3 is 2.59 bits per heavy atom. The first kappa shape index (κ1) is 13.2. The van der Waals surface area contributed by atoms with Crippen LogP contribution in [0.3, 0.4) is 0 Å². The van der Waals surface area contributed by atoms with Crippen molar-refractivity contribution >= 4 is 6.03 Å². The molecular weight excluding hydrogens is 214 g/mol. The molecule has 0 radical (unpaired) electrons. The highest BCUT2D eigenvalue weighted by Gasteiger charge is 2.03. The van der Waals surface area contributed by atoms with Crippen molar-refractivity contribution in [1.29, 1.82) is 0 Å². The van der Waals surface area contributed by atoms with Gasteiger partial charge < -0.3 is 10.6 Å². The molecule has 0 aliphatic carbocycles. The minimum Gasteiger partial charge on any atom is -0.334 e. The van der Waals surface area contributed by atoms with E-state index in [2.05, 4.69) is 36.4 Å². The summed E-state index contributed by atoms with van der Waals surface area (Å²) in [5.41, 5.74) is 1.09. The average Bonchev–Trinajstić information content (AvgIpc) is 2.26. The standard InChI is InChI=1S/C13H19N3O/c1-13(2,3)6-9-15-12(17)16-10-11-4-7-14-8-5-11/h4-9H,10H2,1-3H3,(H2,15,16,17)/b9-6+. The van der Waals surface area contributed by atoms with Gasteiger partial charge in [0.2, 0.25) is 0 Å². The second kappa shape index (κ2) is 6.03. The summed E-state index contributed by atoms with van der Waals surface area (Å²) in [4.78, 5) is 15.3. The molecule has 0 aliphatic rings. The molecule has 0 unspecified atom stereocenters. The van der Waals surface area contributed by atoms with Crippen LogP contribution in [0.15, 0.2) is 36.8 Å². The van der Waals surface area contributed by atoms with Crippen molar-refractivity contribution in [3.63, 3.8) is 0 Å². The van der Waals surface area contributed by atoms with Crippen LogP contribution < -0.4 is 10.6 Å². The highest BCUT2D eigenvalue weighted by molar-refractivity contribution is 5.74. The van der Waals surface area contributed by atoms with Gasteiger partial charge in [0.15, 0.2) is 0 Å². The van der Waals surface area contributed by atoms with Gasteiger partial charge in [0.1, 0.15) is 0 Å². The molecule has 92 valence electrons. The van der Waals surface area contributed by atoms with Crippen LogP contribution in [0.1, 0.15) is 26.3 Å². The third-order valence-corrected chi connectivity index (χ3v) is 2.00. The van der Waals surface area contributed by atoms with E-state index in [0.29, 0.717) is 6.54 Å². The maximum absolute atomic E-state index is 11.4. The zero-order valence-electron chi connectivity index (χ0n) is 10.5. The molecule has 0 aliphatic heterocycles. The molecule has 2 amide bonds. The molecule has 0 atom stereocenters. The fraction of sp³-hybridized carbons (Fsp3) is 0.385. The fourth-order valence-electron chi connectivity index (χ4n) is 1.10. The number of amides is 2. The lowest BCUT2D eigenvalue weighted by molar-refractivity contribution is 0.243. The largest absolute Gasteiger partial charge is 0.334 e. The van der Waals surface area contributed by atoms with Gasteiger partial charge in [0, 0.05) is 25.1 Å². The predicted molar refractivity (Wildman–Crippen MR) is 68.2 cm³/mol. The number of urea groups is 1. The van der Waals surface area contributed by atoms with Crippen molar-refractivity contribution in [3.8, 4) is 0 Å². The topological polar surface area (TPSA) is 54.0 Å². The number of carbonyl (C=O) groups excluding carboxylic acids is 1. The average molecular weight is 233 g/mol. The Morgan fingerprint density at radius 2 is 2.00 bits per heavy atom. The number of nitrogens with zero attached hydrogens (tertiary/aromatic N) is 1. The molecule has 0 saturated heterocycles. The number of aromatic nitrogens is 1. The third-order valence-electron chi connectivity index (χ3n) is 2.00. The van der Waals surface area contributed by atoms with E-state index < -0.39 is 0 Å². The molecule has 1 aromatic rings. The Balaban J connectivity index is 2.29. The van der Waals surface area contributed by atoms with Crippen LogP contribution in [-0.2, 0) is 6.54 Å². The lowest BCUT2D eigenvalue weighted by Crippen LogP contribution is -2.31. The van der Waals surface area contributed by atoms with Gasteiger partial charge in [-0.3, -0.25) is 4.98 Å². The number of hydrogen-bond donors (Lipinski definition) is 2. The maximum atomic E-state index is 11.4. The van der Waals surface area contributed by atoms with Crippen LogP contribution in [-0.4, -0.2) is 11.0 Å². The quantitative estimate of drug-likeness (QED) is 0.842. The van der Waals surface area contributed by atoms with Crippen molar-refractivity contribution < 1.29 is 4.79 Å². The molecular formula is C13H19N3O. The van der Waals surface area contributed by atoms with Crippen molar-refractivity contribution in [1.82, 2.24) is 15.6 Å². The number of allylic oxidation sites excluding steroid dienone is 1. The summed E-state index contributed by atoms with van der Waals surface area (Å²) in [6.07, 6.45) is 7.02. The molecule has 0 aromatic carbocycles. The molecule has 4 nitrogen and oxygen atoms in total. The van der Waals surface area contributed by atoms with Gasteiger partial charge in [0.05, 0.1) is 0 Å². The summed E-state index contributed by atoms with van der Waals surface area (Å²) in [6.45, 7) is 6.71. The summed E-state index contributed by atoms with van der Waals surface area (Å²) < 4.78 is 0. The Hall–Kier alpha value is -1.84. The van der Waals surface area contributed by atoms with E-state index in [0.717, 1.165) is 5.56 Å². The summed E-state index contributed by atoms with van der Waals surface area (Å²) >= 11 is 0. The van der Waals surface area contributed by atoms with Crippen LogP contribution in [0.2, 0.25) is 0 Å². The van der Waals surface area contributed by atoms with Gasteiger partial charge >= 0.3 is 6.03 Å². The van der Waals surface area contributed by atoms with Gasteiger partial charge in [-0.05, 0) is 23.1 Å². The second-order valence-electron chi connectivity index (χ2n) is 4.88. The van der Waals surface area contributed by atoms with Gasteiger partial charge in [-0.25, -0.2) is 4.79 Å². The molecule has 2 N–H and O–H groups in total. The van der Waals surface area contributed by atoms with Gasteiger partial charge in [0.25, 0.3) is 0 Å². The minimum absolute atomic E-state index is 0.0678. The summed E-state index contributed by atoms with van der Waals surface area (Å²) in [6, 6.07) is 3.53. The Kier molecular flexibility index (Phi) is 4.69. The molecule has 0 spiro atoms. The number of rotatable bonds is 3. The van der Waals surface area contributed by atoms with Crippen molar-refractivity contribution in [3.05, 3.63) is 42.4 Å². The first-order valence-corrected chi connectivity index (χ1v) is 5.58. The van der Waals surface area contributed by atoms with Crippen molar-refractivity contribution in [2.45, 2.75) is 27.3 Å². The Bertz CT molecular complexity index is 379. The van der Waals surface area contributed by atoms with Crippen molar-refractivity contribution in [2.75, 3.05) is 0 Å². The van der Waals surface area contributed by atoms with Crippen molar-refractivity contribution in [2.24, 2.45) is 5.41 Å².